The van der Waals surface area contributed by atoms with E-state index in [1.807, 2.05) is 0 Å². The molecule has 0 radical (unpaired) electrons. The van der Waals surface area contributed by atoms with Gasteiger partial charge in [-0.3, -0.25) is 28.8 Å². The number of aliphatic carboxylic acids is 1. The molecule has 6 amide bonds. The van der Waals surface area contributed by atoms with Crippen molar-refractivity contribution in [3.63, 3.8) is 0 Å². The van der Waals surface area contributed by atoms with Crippen LogP contribution in [-0.4, -0.2) is 94.6 Å². The minimum Gasteiger partial charge on any atom is -0.508 e. The molecule has 0 aliphatic carbocycles. The molecule has 4 atom stereocenters. The number of rotatable bonds is 16. The van der Waals surface area contributed by atoms with Crippen molar-refractivity contribution in [2.24, 2.45) is 11.5 Å². The number of amides is 6. The van der Waals surface area contributed by atoms with Crippen molar-refractivity contribution in [3.8, 4) is 5.75 Å². The Labute approximate surface area is 234 Å². The fourth-order valence-corrected chi connectivity index (χ4v) is 3.39. The number of carboxylic acid groups (broad SMARTS) is 1. The van der Waals surface area contributed by atoms with E-state index in [1.165, 1.54) is 31.2 Å². The summed E-state index contributed by atoms with van der Waals surface area (Å²) in [5.41, 5.74) is 10.9. The normalized spacial score (nSPS) is 13.5. The molecule has 1 rings (SSSR count). The molecular weight excluding hydrogens is 550 g/mol. The molecule has 1 aromatic rings. The van der Waals surface area contributed by atoms with Crippen molar-refractivity contribution in [1.29, 1.82) is 0 Å². The van der Waals surface area contributed by atoms with Gasteiger partial charge < -0.3 is 48.3 Å². The number of phenols is 1. The number of carbonyl (C=O) groups excluding carboxylic acids is 6. The van der Waals surface area contributed by atoms with Crippen LogP contribution in [0, 0.1) is 0 Å². The van der Waals surface area contributed by atoms with Crippen molar-refractivity contribution in [1.82, 2.24) is 26.6 Å². The number of carboxylic acids is 1. The molecule has 0 fully saturated rings. The van der Waals surface area contributed by atoms with E-state index in [1.54, 1.807) is 0 Å². The fraction of sp³-hybridized carbons (Fsp3) is 0.435. The van der Waals surface area contributed by atoms with Gasteiger partial charge in [0.25, 0.3) is 0 Å². The average Bonchev–Trinajstić information content (AvgIpc) is 2.89. The molecule has 0 spiro atoms. The van der Waals surface area contributed by atoms with Gasteiger partial charge in [0.2, 0.25) is 35.4 Å². The number of primary amides is 1. The Balaban J connectivity index is 2.75. The lowest BCUT2D eigenvalue weighted by atomic mass is 10.1. The molecule has 0 saturated carbocycles. The summed E-state index contributed by atoms with van der Waals surface area (Å²) in [7, 11) is 0. The Morgan fingerprint density at radius 1 is 0.850 bits per heavy atom. The number of hydrogen-bond donors (Lipinski definition) is 10. The summed E-state index contributed by atoms with van der Waals surface area (Å²) in [6, 6.07) is 0.419. The van der Waals surface area contributed by atoms with Gasteiger partial charge in [-0.05, 0) is 24.6 Å². The summed E-state index contributed by atoms with van der Waals surface area (Å²) < 4.78 is 0. The topological polar surface area (TPSA) is 272 Å². The van der Waals surface area contributed by atoms with Crippen LogP contribution < -0.4 is 38.1 Å². The molecule has 220 valence electrons. The van der Waals surface area contributed by atoms with Gasteiger partial charge in [0.1, 0.15) is 29.9 Å². The largest absolute Gasteiger partial charge is 0.508 e. The van der Waals surface area contributed by atoms with Gasteiger partial charge in [-0.1, -0.05) is 12.1 Å². The predicted molar refractivity (Wildman–Crippen MR) is 143 cm³/mol. The van der Waals surface area contributed by atoms with E-state index >= 15 is 0 Å². The van der Waals surface area contributed by atoms with Crippen molar-refractivity contribution >= 4 is 54.0 Å². The lowest BCUT2D eigenvalue weighted by molar-refractivity contribution is -0.142. The molecule has 16 nitrogen and oxygen atoms in total. The number of phenolic OH excluding ortho intramolecular Hbond substituents is 1. The number of thiol groups is 1. The molecule has 1 aromatic carbocycles. The Morgan fingerprint density at radius 2 is 1.45 bits per heavy atom. The SMILES string of the molecule is C[C@H](NC(=O)[C@H](CC(N)=O)NC(=O)CNC(=O)[C@H](CS)NC(=O)CN)C(=O)N[C@@H](Cc1ccc(O)cc1)C(=O)O. The second kappa shape index (κ2) is 16.6. The first-order chi connectivity index (χ1) is 18.8. The Hall–Kier alpha value is -4.38. The molecule has 0 aromatic heterocycles. The molecule has 0 aliphatic rings. The molecule has 0 saturated heterocycles. The van der Waals surface area contributed by atoms with Crippen LogP contribution in [0.2, 0.25) is 0 Å². The molecule has 0 bridgehead atoms. The molecule has 0 heterocycles. The first-order valence-corrected chi connectivity index (χ1v) is 12.5. The maximum Gasteiger partial charge on any atom is 0.326 e. The standard InChI is InChI=1S/C23H33N7O9S/c1-11(20(35)30-15(23(38)39)6-12-2-4-13(31)5-3-12)27-22(37)14(7-17(25)32)28-19(34)9-26-21(36)16(10-40)29-18(33)8-24/h2-5,11,14-16,31,40H,6-10,24H2,1H3,(H2,25,32)(H,26,36)(H,27,37)(H,28,34)(H,29,33)(H,30,35)(H,38,39)/t11-,14-,15-,16-/m0/s1. The zero-order valence-corrected chi connectivity index (χ0v) is 22.4. The molecular formula is C23H33N7O9S. The van der Waals surface area contributed by atoms with Crippen LogP contribution in [0.4, 0.5) is 0 Å². The third-order valence-corrected chi connectivity index (χ3v) is 5.61. The van der Waals surface area contributed by atoms with E-state index in [0.717, 1.165) is 0 Å². The molecule has 0 unspecified atom stereocenters. The fourth-order valence-electron chi connectivity index (χ4n) is 3.14. The Bertz CT molecular complexity index is 1100. The maximum absolute atomic E-state index is 12.7. The quantitative estimate of drug-likeness (QED) is 0.0839. The summed E-state index contributed by atoms with van der Waals surface area (Å²) in [6.07, 6.45) is -0.762. The van der Waals surface area contributed by atoms with Gasteiger partial charge in [0.05, 0.1) is 19.5 Å². The summed E-state index contributed by atoms with van der Waals surface area (Å²) in [6.45, 7) is 0.245. The number of nitrogens with two attached hydrogens (primary N) is 2. The lowest BCUT2D eigenvalue weighted by Crippen LogP contribution is -2.57. The third-order valence-electron chi connectivity index (χ3n) is 5.24. The molecule has 17 heteroatoms. The number of hydrogen-bond acceptors (Lipinski definition) is 10. The van der Waals surface area contributed by atoms with Crippen molar-refractivity contribution in [2.45, 2.75) is 43.9 Å². The first-order valence-electron chi connectivity index (χ1n) is 11.8. The van der Waals surface area contributed by atoms with Crippen molar-refractivity contribution < 1.29 is 43.8 Å². The number of benzene rings is 1. The van der Waals surface area contributed by atoms with E-state index in [2.05, 4.69) is 39.2 Å². The maximum atomic E-state index is 12.7. The zero-order valence-electron chi connectivity index (χ0n) is 21.5. The lowest BCUT2D eigenvalue weighted by Gasteiger charge is -2.22. The van der Waals surface area contributed by atoms with E-state index in [4.69, 9.17) is 11.5 Å². The van der Waals surface area contributed by atoms with Gasteiger partial charge in [0, 0.05) is 12.2 Å². The number of aromatic hydroxyl groups is 1. The van der Waals surface area contributed by atoms with E-state index in [-0.39, 0.29) is 24.5 Å². The van der Waals surface area contributed by atoms with E-state index < -0.39 is 78.5 Å². The predicted octanol–water partition coefficient (Wildman–Crippen LogP) is -4.14. The average molecular weight is 584 g/mol. The third kappa shape index (κ3) is 12.0. The summed E-state index contributed by atoms with van der Waals surface area (Å²) in [4.78, 5) is 84.2. The first kappa shape index (κ1) is 33.6. The van der Waals surface area contributed by atoms with Gasteiger partial charge in [-0.15, -0.1) is 0 Å². The molecule has 40 heavy (non-hydrogen) atoms. The Morgan fingerprint density at radius 3 is 1.98 bits per heavy atom. The molecule has 0 aliphatic heterocycles. The second-order valence-electron chi connectivity index (χ2n) is 8.52. The van der Waals surface area contributed by atoms with Crippen molar-refractivity contribution in [2.75, 3.05) is 18.8 Å². The second-order valence-corrected chi connectivity index (χ2v) is 8.88. The highest BCUT2D eigenvalue weighted by Gasteiger charge is 2.29. The van der Waals surface area contributed by atoms with E-state index in [0.29, 0.717) is 5.56 Å². The minimum absolute atomic E-state index is 0.0196. The monoisotopic (exact) mass is 583 g/mol. The highest BCUT2D eigenvalue weighted by atomic mass is 32.1. The zero-order chi connectivity index (χ0) is 30.4. The number of nitrogens with one attached hydrogen (secondary N) is 5. The van der Waals surface area contributed by atoms with Gasteiger partial charge >= 0.3 is 5.97 Å². The van der Waals surface area contributed by atoms with Crippen LogP contribution in [0.15, 0.2) is 24.3 Å². The van der Waals surface area contributed by atoms with Crippen LogP contribution in [-0.2, 0) is 40.0 Å². The van der Waals surface area contributed by atoms with Crippen LogP contribution in [0.5, 0.6) is 5.75 Å². The van der Waals surface area contributed by atoms with Crippen LogP contribution in [0.25, 0.3) is 0 Å². The Kier molecular flexibility index (Phi) is 13.9. The smallest absolute Gasteiger partial charge is 0.326 e. The van der Waals surface area contributed by atoms with Crippen LogP contribution in [0.3, 0.4) is 0 Å². The van der Waals surface area contributed by atoms with Crippen molar-refractivity contribution in [3.05, 3.63) is 29.8 Å². The van der Waals surface area contributed by atoms with Crippen LogP contribution in [0.1, 0.15) is 18.9 Å². The van der Waals surface area contributed by atoms with Gasteiger partial charge in [-0.25, -0.2) is 4.79 Å². The number of carbonyl (C=O) groups is 7. The summed E-state index contributed by atoms with van der Waals surface area (Å²) in [5, 5.41) is 30.1. The van der Waals surface area contributed by atoms with Gasteiger partial charge in [0.15, 0.2) is 0 Å². The van der Waals surface area contributed by atoms with Crippen LogP contribution >= 0.6 is 12.6 Å². The summed E-state index contributed by atoms with van der Waals surface area (Å²) in [5.74, 6) is -6.53. The van der Waals surface area contributed by atoms with E-state index in [9.17, 15) is 43.8 Å². The summed E-state index contributed by atoms with van der Waals surface area (Å²) >= 11 is 3.95. The minimum atomic E-state index is -1.53. The highest BCUT2D eigenvalue weighted by Crippen LogP contribution is 2.11. The molecule has 11 N–H and O–H groups in total. The van der Waals surface area contributed by atoms with Gasteiger partial charge in [-0.2, -0.15) is 12.6 Å². The highest BCUT2D eigenvalue weighted by molar-refractivity contribution is 7.80.